The molecule has 0 aliphatic rings. The summed E-state index contributed by atoms with van der Waals surface area (Å²) in [4.78, 5) is 26.6. The lowest BCUT2D eigenvalue weighted by molar-refractivity contribution is -0.139. The van der Waals surface area contributed by atoms with Gasteiger partial charge in [-0.15, -0.1) is 0 Å². The van der Waals surface area contributed by atoms with Gasteiger partial charge >= 0.3 is 5.97 Å². The molecule has 98 valence electrons. The first-order chi connectivity index (χ1) is 8.65. The molecule has 1 aromatic rings. The van der Waals surface area contributed by atoms with Gasteiger partial charge in [0.25, 0.3) is 5.91 Å². The molecule has 0 radical (unpaired) electrons. The van der Waals surface area contributed by atoms with Crippen LogP contribution in [0.5, 0.6) is 0 Å². The highest BCUT2D eigenvalue weighted by atomic mass is 16.4. The van der Waals surface area contributed by atoms with Gasteiger partial charge in [0.15, 0.2) is 0 Å². The summed E-state index contributed by atoms with van der Waals surface area (Å²) in [5, 5.41) is 11.5. The summed E-state index contributed by atoms with van der Waals surface area (Å²) in [5.41, 5.74) is 5.55. The van der Waals surface area contributed by atoms with Crippen LogP contribution < -0.4 is 11.1 Å². The van der Waals surface area contributed by atoms with Gasteiger partial charge in [-0.05, 0) is 37.9 Å². The number of amides is 1. The van der Waals surface area contributed by atoms with Gasteiger partial charge in [-0.3, -0.25) is 9.78 Å². The number of pyridine rings is 1. The van der Waals surface area contributed by atoms with Crippen LogP contribution in [-0.4, -0.2) is 34.6 Å². The van der Waals surface area contributed by atoms with Gasteiger partial charge in [0.1, 0.15) is 11.7 Å². The van der Waals surface area contributed by atoms with Crippen molar-refractivity contribution in [2.24, 2.45) is 5.73 Å². The van der Waals surface area contributed by atoms with Crippen LogP contribution in [0.3, 0.4) is 0 Å². The van der Waals surface area contributed by atoms with Crippen molar-refractivity contribution in [1.82, 2.24) is 10.3 Å². The number of hydrogen-bond donors (Lipinski definition) is 3. The van der Waals surface area contributed by atoms with Crippen LogP contribution in [-0.2, 0) is 4.79 Å². The molecule has 0 aliphatic carbocycles. The lowest BCUT2D eigenvalue weighted by Crippen LogP contribution is -2.41. The van der Waals surface area contributed by atoms with Gasteiger partial charge in [-0.2, -0.15) is 0 Å². The molecule has 0 bridgehead atoms. The first kappa shape index (κ1) is 14.1. The van der Waals surface area contributed by atoms with E-state index in [1.54, 1.807) is 12.1 Å². The Morgan fingerprint density at radius 1 is 1.39 bits per heavy atom. The highest BCUT2D eigenvalue weighted by Crippen LogP contribution is 2.02. The number of aromatic nitrogens is 1. The summed E-state index contributed by atoms with van der Waals surface area (Å²) in [6.45, 7) is 0.514. The second kappa shape index (κ2) is 7.39. The number of unbranched alkanes of at least 4 members (excludes halogenated alkanes) is 1. The predicted molar refractivity (Wildman–Crippen MR) is 66.0 cm³/mol. The largest absolute Gasteiger partial charge is 0.480 e. The van der Waals surface area contributed by atoms with Gasteiger partial charge in [-0.25, -0.2) is 4.79 Å². The first-order valence-electron chi connectivity index (χ1n) is 5.80. The molecule has 1 atom stereocenters. The number of carboxylic acids is 1. The summed E-state index contributed by atoms with van der Waals surface area (Å²) in [6, 6.07) is 4.00. The third-order valence-electron chi connectivity index (χ3n) is 2.45. The number of nitrogens with one attached hydrogen (secondary N) is 1. The molecule has 0 saturated heterocycles. The number of carboxylic acid groups (broad SMARTS) is 1. The maximum absolute atomic E-state index is 11.7. The zero-order valence-electron chi connectivity index (χ0n) is 10.0. The molecule has 0 aliphatic heterocycles. The van der Waals surface area contributed by atoms with Crippen LogP contribution in [0.4, 0.5) is 0 Å². The Bertz CT molecular complexity index is 395. The molecule has 0 fully saturated rings. The van der Waals surface area contributed by atoms with Crippen LogP contribution in [0.25, 0.3) is 0 Å². The van der Waals surface area contributed by atoms with Crippen molar-refractivity contribution in [1.29, 1.82) is 0 Å². The van der Waals surface area contributed by atoms with Gasteiger partial charge in [0, 0.05) is 6.20 Å². The van der Waals surface area contributed by atoms with E-state index in [1.807, 2.05) is 0 Å². The van der Waals surface area contributed by atoms with Crippen LogP contribution in [0.15, 0.2) is 24.4 Å². The number of rotatable bonds is 7. The average Bonchev–Trinajstić information content (AvgIpc) is 2.38. The molecular weight excluding hydrogens is 234 g/mol. The molecule has 0 aromatic carbocycles. The summed E-state index contributed by atoms with van der Waals surface area (Å²) in [7, 11) is 0. The topological polar surface area (TPSA) is 105 Å². The van der Waals surface area contributed by atoms with Crippen molar-refractivity contribution in [2.75, 3.05) is 6.54 Å². The number of nitrogens with two attached hydrogens (primary N) is 1. The van der Waals surface area contributed by atoms with E-state index in [0.29, 0.717) is 19.4 Å². The fourth-order valence-electron chi connectivity index (χ4n) is 1.48. The molecule has 1 rings (SSSR count). The Balaban J connectivity index is 2.55. The number of hydrogen-bond acceptors (Lipinski definition) is 4. The van der Waals surface area contributed by atoms with Gasteiger partial charge in [0.2, 0.25) is 0 Å². The lowest BCUT2D eigenvalue weighted by Gasteiger charge is -2.13. The van der Waals surface area contributed by atoms with E-state index in [1.165, 1.54) is 12.3 Å². The van der Waals surface area contributed by atoms with E-state index >= 15 is 0 Å². The Labute approximate surface area is 105 Å². The zero-order chi connectivity index (χ0) is 13.4. The second-order valence-electron chi connectivity index (χ2n) is 3.86. The van der Waals surface area contributed by atoms with E-state index in [2.05, 4.69) is 10.3 Å². The molecular formula is C12H17N3O3. The van der Waals surface area contributed by atoms with Crippen molar-refractivity contribution >= 4 is 11.9 Å². The molecule has 6 nitrogen and oxygen atoms in total. The maximum Gasteiger partial charge on any atom is 0.326 e. The molecule has 0 saturated carbocycles. The van der Waals surface area contributed by atoms with E-state index in [-0.39, 0.29) is 5.69 Å². The smallest absolute Gasteiger partial charge is 0.326 e. The minimum Gasteiger partial charge on any atom is -0.480 e. The van der Waals surface area contributed by atoms with E-state index in [4.69, 9.17) is 10.8 Å². The highest BCUT2D eigenvalue weighted by Gasteiger charge is 2.20. The summed E-state index contributed by atoms with van der Waals surface area (Å²) >= 11 is 0. The van der Waals surface area contributed by atoms with E-state index < -0.39 is 17.9 Å². The van der Waals surface area contributed by atoms with Crippen molar-refractivity contribution in [3.63, 3.8) is 0 Å². The van der Waals surface area contributed by atoms with Gasteiger partial charge in [0.05, 0.1) is 0 Å². The highest BCUT2D eigenvalue weighted by molar-refractivity contribution is 5.94. The molecule has 1 aromatic heterocycles. The minimum atomic E-state index is -1.05. The zero-order valence-corrected chi connectivity index (χ0v) is 10.0. The van der Waals surface area contributed by atoms with Crippen molar-refractivity contribution in [3.8, 4) is 0 Å². The van der Waals surface area contributed by atoms with E-state index in [9.17, 15) is 9.59 Å². The molecule has 1 heterocycles. The summed E-state index contributed by atoms with van der Waals surface area (Å²) < 4.78 is 0. The third kappa shape index (κ3) is 4.50. The Hall–Kier alpha value is -1.95. The Morgan fingerprint density at radius 3 is 2.72 bits per heavy atom. The number of carbonyl (C=O) groups is 2. The average molecular weight is 251 g/mol. The third-order valence-corrected chi connectivity index (χ3v) is 2.45. The molecule has 18 heavy (non-hydrogen) atoms. The SMILES string of the molecule is NCCCC[C@@H](NC(=O)c1ccccn1)C(=O)O. The molecule has 0 spiro atoms. The van der Waals surface area contributed by atoms with Crippen LogP contribution in [0, 0.1) is 0 Å². The number of aliphatic carboxylic acids is 1. The molecule has 1 amide bonds. The Kier molecular flexibility index (Phi) is 5.79. The van der Waals surface area contributed by atoms with Gasteiger partial charge < -0.3 is 16.2 Å². The number of nitrogens with zero attached hydrogens (tertiary/aromatic N) is 1. The fourth-order valence-corrected chi connectivity index (χ4v) is 1.48. The number of carbonyl (C=O) groups excluding carboxylic acids is 1. The van der Waals surface area contributed by atoms with E-state index in [0.717, 1.165) is 6.42 Å². The lowest BCUT2D eigenvalue weighted by atomic mass is 10.1. The maximum atomic E-state index is 11.7. The predicted octanol–water partition coefficient (Wildman–Crippen LogP) is 0.394. The van der Waals surface area contributed by atoms with Crippen molar-refractivity contribution in [3.05, 3.63) is 30.1 Å². The van der Waals surface area contributed by atoms with Crippen molar-refractivity contribution in [2.45, 2.75) is 25.3 Å². The van der Waals surface area contributed by atoms with Crippen molar-refractivity contribution < 1.29 is 14.7 Å². The monoisotopic (exact) mass is 251 g/mol. The molecule has 6 heteroatoms. The molecule has 0 unspecified atom stereocenters. The summed E-state index contributed by atoms with van der Waals surface area (Å²) in [6.07, 6.45) is 3.25. The minimum absolute atomic E-state index is 0.211. The van der Waals surface area contributed by atoms with Crippen LogP contribution in [0.1, 0.15) is 29.8 Å². The first-order valence-corrected chi connectivity index (χ1v) is 5.80. The van der Waals surface area contributed by atoms with Gasteiger partial charge in [-0.1, -0.05) is 6.07 Å². The second-order valence-corrected chi connectivity index (χ2v) is 3.86. The quantitative estimate of drug-likeness (QED) is 0.608. The van der Waals surface area contributed by atoms with Crippen LogP contribution in [0.2, 0.25) is 0 Å². The fraction of sp³-hybridized carbons (Fsp3) is 0.417. The summed E-state index contributed by atoms with van der Waals surface area (Å²) in [5.74, 6) is -1.52. The Morgan fingerprint density at radius 2 is 2.17 bits per heavy atom. The van der Waals surface area contributed by atoms with Crippen LogP contribution >= 0.6 is 0 Å². The normalized spacial score (nSPS) is 11.8. The standard InChI is InChI=1S/C12H17N3O3/c13-7-3-1-6-10(12(17)18)15-11(16)9-5-2-4-8-14-9/h2,4-5,8,10H,1,3,6-7,13H2,(H,15,16)(H,17,18)/t10-/m1/s1. The molecule has 4 N–H and O–H groups in total.